The Morgan fingerprint density at radius 3 is 2.50 bits per heavy atom. The molecule has 0 fully saturated rings. The fraction of sp³-hybridized carbons (Fsp3) is 0.400. The Labute approximate surface area is 81.6 Å². The first-order valence-electron chi connectivity index (χ1n) is 4.49. The highest BCUT2D eigenvalue weighted by atomic mass is 16.3. The number of rotatable bonds is 3. The summed E-state index contributed by atoms with van der Waals surface area (Å²) in [5.41, 5.74) is 0.177. The third-order valence-corrected chi connectivity index (χ3v) is 2.08. The van der Waals surface area contributed by atoms with Crippen molar-refractivity contribution in [2.45, 2.75) is 26.2 Å². The molecule has 0 aliphatic heterocycles. The van der Waals surface area contributed by atoms with Crippen molar-refractivity contribution >= 4 is 11.6 Å². The number of aliphatic hydroxyl groups excluding tert-OH is 2. The third-order valence-electron chi connectivity index (χ3n) is 2.08. The maximum Gasteiger partial charge on any atom is 0.267 e. The molecule has 0 spiro atoms. The molecule has 0 bridgehead atoms. The summed E-state index contributed by atoms with van der Waals surface area (Å²) in [5.74, 6) is -2.71. The van der Waals surface area contributed by atoms with Crippen LogP contribution in [0.1, 0.15) is 26.2 Å². The van der Waals surface area contributed by atoms with E-state index in [1.54, 1.807) is 0 Å². The predicted octanol–water partition coefficient (Wildman–Crippen LogP) is 1.58. The van der Waals surface area contributed by atoms with Crippen LogP contribution in [0.2, 0.25) is 0 Å². The number of hydrogen-bond acceptors (Lipinski definition) is 4. The fourth-order valence-corrected chi connectivity index (χ4v) is 1.25. The van der Waals surface area contributed by atoms with Crippen LogP contribution in [0.25, 0.3) is 0 Å². The van der Waals surface area contributed by atoms with Gasteiger partial charge in [0.15, 0.2) is 5.76 Å². The number of carbonyl (C=O) groups excluding carboxylic acids is 2. The minimum Gasteiger partial charge on any atom is -0.507 e. The molecule has 0 amide bonds. The van der Waals surface area contributed by atoms with Crippen LogP contribution >= 0.6 is 0 Å². The van der Waals surface area contributed by atoms with Crippen molar-refractivity contribution in [3.63, 3.8) is 0 Å². The molecule has 2 N–H and O–H groups in total. The van der Waals surface area contributed by atoms with E-state index in [2.05, 4.69) is 0 Å². The molecule has 1 aliphatic carbocycles. The van der Waals surface area contributed by atoms with Gasteiger partial charge in [-0.25, -0.2) is 0 Å². The van der Waals surface area contributed by atoms with Gasteiger partial charge in [0, 0.05) is 11.6 Å². The molecule has 0 atom stereocenters. The van der Waals surface area contributed by atoms with Gasteiger partial charge in [-0.1, -0.05) is 13.3 Å². The summed E-state index contributed by atoms with van der Waals surface area (Å²) in [6.07, 6.45) is 2.89. The van der Waals surface area contributed by atoms with Crippen LogP contribution in [-0.2, 0) is 9.59 Å². The van der Waals surface area contributed by atoms with Gasteiger partial charge in [0.05, 0.1) is 0 Å². The highest BCUT2D eigenvalue weighted by molar-refractivity contribution is 6.47. The quantitative estimate of drug-likeness (QED) is 0.530. The molecule has 0 aromatic rings. The second-order valence-corrected chi connectivity index (χ2v) is 3.15. The van der Waals surface area contributed by atoms with Gasteiger partial charge in [0.2, 0.25) is 5.78 Å². The molecule has 4 heteroatoms. The third kappa shape index (κ3) is 1.84. The Morgan fingerprint density at radius 1 is 1.29 bits per heavy atom. The second-order valence-electron chi connectivity index (χ2n) is 3.15. The average Bonchev–Trinajstić information content (AvgIpc) is 2.14. The normalized spacial score (nSPS) is 17.4. The van der Waals surface area contributed by atoms with E-state index >= 15 is 0 Å². The van der Waals surface area contributed by atoms with Crippen molar-refractivity contribution in [1.29, 1.82) is 0 Å². The van der Waals surface area contributed by atoms with Gasteiger partial charge in [0.1, 0.15) is 5.76 Å². The van der Waals surface area contributed by atoms with E-state index in [0.717, 1.165) is 18.9 Å². The summed E-state index contributed by atoms with van der Waals surface area (Å²) < 4.78 is 0. The number of allylic oxidation sites excluding steroid dienone is 3. The first-order valence-corrected chi connectivity index (χ1v) is 4.49. The lowest BCUT2D eigenvalue weighted by atomic mass is 9.97. The van der Waals surface area contributed by atoms with Crippen LogP contribution in [0.5, 0.6) is 0 Å². The van der Waals surface area contributed by atoms with E-state index < -0.39 is 17.3 Å². The Hall–Kier alpha value is -1.58. The zero-order valence-corrected chi connectivity index (χ0v) is 7.91. The SMILES string of the molecule is CCCCC1=C(O)C(=O)C(=O)C=C1O. The molecule has 4 nitrogen and oxygen atoms in total. The van der Waals surface area contributed by atoms with Gasteiger partial charge in [-0.2, -0.15) is 0 Å². The summed E-state index contributed by atoms with van der Waals surface area (Å²) >= 11 is 0. The van der Waals surface area contributed by atoms with Crippen LogP contribution in [-0.4, -0.2) is 21.8 Å². The molecule has 0 saturated heterocycles. The lowest BCUT2D eigenvalue weighted by Gasteiger charge is -2.12. The van der Waals surface area contributed by atoms with Gasteiger partial charge < -0.3 is 10.2 Å². The topological polar surface area (TPSA) is 74.6 Å². The van der Waals surface area contributed by atoms with Crippen LogP contribution < -0.4 is 0 Å². The van der Waals surface area contributed by atoms with E-state index in [1.807, 2.05) is 6.92 Å². The highest BCUT2D eigenvalue weighted by Crippen LogP contribution is 2.22. The van der Waals surface area contributed by atoms with Crippen molar-refractivity contribution in [3.8, 4) is 0 Å². The van der Waals surface area contributed by atoms with Crippen molar-refractivity contribution < 1.29 is 19.8 Å². The minimum atomic E-state index is -0.936. The lowest BCUT2D eigenvalue weighted by Crippen LogP contribution is -2.21. The van der Waals surface area contributed by atoms with Crippen LogP contribution in [0.3, 0.4) is 0 Å². The molecule has 1 aliphatic rings. The Morgan fingerprint density at radius 2 is 1.93 bits per heavy atom. The molecular formula is C10H12O4. The Kier molecular flexibility index (Phi) is 3.06. The number of unbranched alkanes of at least 4 members (excludes halogenated alkanes) is 1. The standard InChI is InChI=1S/C10H12O4/c1-2-3-4-6-7(11)5-8(12)10(14)9(6)13/h5,11,13H,2-4H2,1H3. The predicted molar refractivity (Wildman–Crippen MR) is 49.9 cm³/mol. The van der Waals surface area contributed by atoms with E-state index in [1.165, 1.54) is 0 Å². The van der Waals surface area contributed by atoms with Crippen LogP contribution in [0.15, 0.2) is 23.2 Å². The molecule has 0 saturated carbocycles. The molecule has 0 aromatic carbocycles. The van der Waals surface area contributed by atoms with Gasteiger partial charge >= 0.3 is 0 Å². The molecule has 1 rings (SSSR count). The number of aliphatic hydroxyl groups is 2. The molecule has 0 heterocycles. The zero-order valence-electron chi connectivity index (χ0n) is 7.91. The van der Waals surface area contributed by atoms with E-state index in [4.69, 9.17) is 0 Å². The van der Waals surface area contributed by atoms with Crippen molar-refractivity contribution in [2.24, 2.45) is 0 Å². The van der Waals surface area contributed by atoms with E-state index in [9.17, 15) is 19.8 Å². The summed E-state index contributed by atoms with van der Waals surface area (Å²) in [7, 11) is 0. The average molecular weight is 196 g/mol. The fourth-order valence-electron chi connectivity index (χ4n) is 1.25. The molecule has 0 unspecified atom stereocenters. The highest BCUT2D eigenvalue weighted by Gasteiger charge is 2.27. The first-order chi connectivity index (χ1) is 6.57. The van der Waals surface area contributed by atoms with Gasteiger partial charge in [0.25, 0.3) is 5.78 Å². The number of carbonyl (C=O) groups is 2. The maximum absolute atomic E-state index is 11.0. The van der Waals surface area contributed by atoms with Crippen LogP contribution in [0.4, 0.5) is 0 Å². The number of ketones is 2. The molecule has 76 valence electrons. The van der Waals surface area contributed by atoms with E-state index in [-0.39, 0.29) is 11.3 Å². The van der Waals surface area contributed by atoms with Gasteiger partial charge in [-0.3, -0.25) is 9.59 Å². The van der Waals surface area contributed by atoms with Gasteiger partial charge in [-0.05, 0) is 12.8 Å². The summed E-state index contributed by atoms with van der Waals surface area (Å²) in [4.78, 5) is 21.9. The van der Waals surface area contributed by atoms with Gasteiger partial charge in [-0.15, -0.1) is 0 Å². The van der Waals surface area contributed by atoms with Crippen molar-refractivity contribution in [3.05, 3.63) is 23.2 Å². The molecule has 0 radical (unpaired) electrons. The maximum atomic E-state index is 11.0. The molecule has 14 heavy (non-hydrogen) atoms. The monoisotopic (exact) mass is 196 g/mol. The summed E-state index contributed by atoms with van der Waals surface area (Å²) in [6.45, 7) is 1.95. The van der Waals surface area contributed by atoms with Crippen LogP contribution in [0, 0.1) is 0 Å². The molecular weight excluding hydrogens is 184 g/mol. The lowest BCUT2D eigenvalue weighted by molar-refractivity contribution is -0.133. The Balaban J connectivity index is 2.95. The Bertz CT molecular complexity index is 336. The molecule has 0 aromatic heterocycles. The van der Waals surface area contributed by atoms with E-state index in [0.29, 0.717) is 6.42 Å². The second kappa shape index (κ2) is 4.09. The first kappa shape index (κ1) is 10.5. The largest absolute Gasteiger partial charge is 0.507 e. The number of Topliss-reactive ketones (excluding diaryl/α,β-unsaturated/α-hetero) is 1. The zero-order chi connectivity index (χ0) is 10.7. The number of hydrogen-bond donors (Lipinski definition) is 2. The summed E-state index contributed by atoms with van der Waals surface area (Å²) in [5, 5.41) is 18.6. The summed E-state index contributed by atoms with van der Waals surface area (Å²) in [6, 6.07) is 0. The van der Waals surface area contributed by atoms with Crippen molar-refractivity contribution in [2.75, 3.05) is 0 Å². The minimum absolute atomic E-state index is 0.177. The smallest absolute Gasteiger partial charge is 0.267 e. The van der Waals surface area contributed by atoms with Crippen molar-refractivity contribution in [1.82, 2.24) is 0 Å².